The molecule has 1 fully saturated rings. The Bertz CT molecular complexity index is 616. The van der Waals surface area contributed by atoms with Crippen LogP contribution in [-0.2, 0) is 4.79 Å². The first-order chi connectivity index (χ1) is 9.16. The van der Waals surface area contributed by atoms with E-state index in [9.17, 15) is 9.59 Å². The highest BCUT2D eigenvalue weighted by Gasteiger charge is 2.35. The Hall–Kier alpha value is -2.37. The molecule has 19 heavy (non-hydrogen) atoms. The van der Waals surface area contributed by atoms with Crippen molar-refractivity contribution in [1.82, 2.24) is 14.3 Å². The van der Waals surface area contributed by atoms with E-state index in [1.54, 1.807) is 22.9 Å². The predicted molar refractivity (Wildman–Crippen MR) is 66.9 cm³/mol. The van der Waals surface area contributed by atoms with Gasteiger partial charge < -0.3 is 14.4 Å². The molecule has 98 valence electrons. The molecule has 0 aromatic carbocycles. The number of carboxylic acids is 1. The van der Waals surface area contributed by atoms with Crippen LogP contribution in [0.3, 0.4) is 0 Å². The fourth-order valence-corrected chi connectivity index (χ4v) is 2.45. The van der Waals surface area contributed by atoms with Crippen molar-refractivity contribution in [2.75, 3.05) is 6.54 Å². The summed E-state index contributed by atoms with van der Waals surface area (Å²) in [7, 11) is 0. The van der Waals surface area contributed by atoms with Crippen LogP contribution in [0.2, 0.25) is 0 Å². The zero-order chi connectivity index (χ0) is 13.4. The van der Waals surface area contributed by atoms with E-state index in [2.05, 4.69) is 4.98 Å². The molecule has 1 amide bonds. The normalized spacial score (nSPS) is 18.9. The molecule has 2 aromatic rings. The number of rotatable bonds is 2. The Kier molecular flexibility index (Phi) is 2.70. The number of aromatic nitrogens is 2. The van der Waals surface area contributed by atoms with Gasteiger partial charge in [0, 0.05) is 18.9 Å². The van der Waals surface area contributed by atoms with Crippen LogP contribution in [0.25, 0.3) is 5.65 Å². The second-order valence-electron chi connectivity index (χ2n) is 4.59. The second-order valence-corrected chi connectivity index (χ2v) is 4.59. The summed E-state index contributed by atoms with van der Waals surface area (Å²) >= 11 is 0. The van der Waals surface area contributed by atoms with Crippen LogP contribution >= 0.6 is 0 Å². The topological polar surface area (TPSA) is 74.9 Å². The van der Waals surface area contributed by atoms with Crippen molar-refractivity contribution in [1.29, 1.82) is 0 Å². The Morgan fingerprint density at radius 1 is 1.37 bits per heavy atom. The fraction of sp³-hybridized carbons (Fsp3) is 0.308. The Labute approximate surface area is 109 Å². The molecular formula is C13H13N3O3. The van der Waals surface area contributed by atoms with E-state index in [1.807, 2.05) is 12.1 Å². The molecule has 2 aromatic heterocycles. The number of likely N-dealkylation sites (tertiary alicyclic amines) is 1. The maximum absolute atomic E-state index is 12.3. The van der Waals surface area contributed by atoms with Gasteiger partial charge in [0.15, 0.2) is 0 Å². The number of imidazole rings is 1. The third-order valence-electron chi connectivity index (χ3n) is 3.38. The highest BCUT2D eigenvalue weighted by Crippen LogP contribution is 2.20. The van der Waals surface area contributed by atoms with Crippen molar-refractivity contribution in [2.45, 2.75) is 18.9 Å². The standard InChI is InChI=1S/C13H13N3O3/c17-12(16-7-3-4-10(16)13(18)19)9-8-15-6-2-1-5-11(15)14-9/h1-2,5-6,8,10H,3-4,7H2,(H,18,19)/t10-/m1/s1. The summed E-state index contributed by atoms with van der Waals surface area (Å²) in [5.74, 6) is -1.26. The zero-order valence-electron chi connectivity index (χ0n) is 10.2. The van der Waals surface area contributed by atoms with Crippen LogP contribution in [-0.4, -0.2) is 43.9 Å². The molecule has 1 N–H and O–H groups in total. The van der Waals surface area contributed by atoms with Crippen LogP contribution < -0.4 is 0 Å². The van der Waals surface area contributed by atoms with Gasteiger partial charge in [-0.2, -0.15) is 0 Å². The number of amides is 1. The van der Waals surface area contributed by atoms with Crippen LogP contribution in [0.5, 0.6) is 0 Å². The molecule has 0 aliphatic carbocycles. The molecule has 0 radical (unpaired) electrons. The molecule has 6 heteroatoms. The third-order valence-corrected chi connectivity index (χ3v) is 3.38. The summed E-state index contributed by atoms with van der Waals surface area (Å²) < 4.78 is 1.75. The van der Waals surface area contributed by atoms with Crippen LogP contribution in [0, 0.1) is 0 Å². The molecule has 3 heterocycles. The lowest BCUT2D eigenvalue weighted by Crippen LogP contribution is -2.40. The molecule has 0 saturated carbocycles. The van der Waals surface area contributed by atoms with E-state index in [0.29, 0.717) is 24.3 Å². The quantitative estimate of drug-likeness (QED) is 0.873. The molecular weight excluding hydrogens is 246 g/mol. The predicted octanol–water partition coefficient (Wildman–Crippen LogP) is 1.02. The molecule has 1 saturated heterocycles. The summed E-state index contributed by atoms with van der Waals surface area (Å²) in [6.45, 7) is 0.476. The van der Waals surface area contributed by atoms with Gasteiger partial charge in [-0.1, -0.05) is 6.07 Å². The minimum atomic E-state index is -0.949. The van der Waals surface area contributed by atoms with Gasteiger partial charge in [0.2, 0.25) is 0 Å². The lowest BCUT2D eigenvalue weighted by molar-refractivity contribution is -0.141. The highest BCUT2D eigenvalue weighted by molar-refractivity contribution is 5.95. The Balaban J connectivity index is 1.93. The van der Waals surface area contributed by atoms with Gasteiger partial charge in [-0.3, -0.25) is 4.79 Å². The fourth-order valence-electron chi connectivity index (χ4n) is 2.45. The van der Waals surface area contributed by atoms with Crippen molar-refractivity contribution < 1.29 is 14.7 Å². The van der Waals surface area contributed by atoms with Crippen molar-refractivity contribution in [3.05, 3.63) is 36.3 Å². The summed E-state index contributed by atoms with van der Waals surface area (Å²) in [4.78, 5) is 29.0. The number of carbonyl (C=O) groups is 2. The molecule has 3 rings (SSSR count). The second kappa shape index (κ2) is 4.38. The number of nitrogens with zero attached hydrogens (tertiary/aromatic N) is 3. The van der Waals surface area contributed by atoms with Gasteiger partial charge in [-0.15, -0.1) is 0 Å². The van der Waals surface area contributed by atoms with E-state index < -0.39 is 12.0 Å². The van der Waals surface area contributed by atoms with Gasteiger partial charge in [0.25, 0.3) is 5.91 Å². The lowest BCUT2D eigenvalue weighted by atomic mass is 10.2. The maximum Gasteiger partial charge on any atom is 0.326 e. The Morgan fingerprint density at radius 3 is 2.95 bits per heavy atom. The average molecular weight is 259 g/mol. The van der Waals surface area contributed by atoms with Crippen LogP contribution in [0.15, 0.2) is 30.6 Å². The number of aliphatic carboxylic acids is 1. The number of hydrogen-bond donors (Lipinski definition) is 1. The molecule has 0 unspecified atom stereocenters. The first-order valence-electron chi connectivity index (χ1n) is 6.14. The van der Waals surface area contributed by atoms with Gasteiger partial charge in [-0.25, -0.2) is 9.78 Å². The van der Waals surface area contributed by atoms with E-state index >= 15 is 0 Å². The van der Waals surface area contributed by atoms with Gasteiger partial charge in [-0.05, 0) is 25.0 Å². The van der Waals surface area contributed by atoms with E-state index in [-0.39, 0.29) is 5.91 Å². The Morgan fingerprint density at radius 2 is 2.21 bits per heavy atom. The lowest BCUT2D eigenvalue weighted by Gasteiger charge is -2.19. The molecule has 1 aliphatic heterocycles. The zero-order valence-corrected chi connectivity index (χ0v) is 10.2. The number of pyridine rings is 1. The third kappa shape index (κ3) is 1.95. The summed E-state index contributed by atoms with van der Waals surface area (Å²) in [5, 5.41) is 9.10. The number of carboxylic acid groups (broad SMARTS) is 1. The van der Waals surface area contributed by atoms with Crippen molar-refractivity contribution in [3.8, 4) is 0 Å². The molecule has 0 spiro atoms. The molecule has 6 nitrogen and oxygen atoms in total. The molecule has 0 bridgehead atoms. The van der Waals surface area contributed by atoms with Crippen molar-refractivity contribution in [2.24, 2.45) is 0 Å². The monoisotopic (exact) mass is 259 g/mol. The van der Waals surface area contributed by atoms with Gasteiger partial charge >= 0.3 is 5.97 Å². The molecule has 1 atom stereocenters. The smallest absolute Gasteiger partial charge is 0.326 e. The minimum Gasteiger partial charge on any atom is -0.480 e. The minimum absolute atomic E-state index is 0.291. The summed E-state index contributed by atoms with van der Waals surface area (Å²) in [6, 6.07) is 4.76. The van der Waals surface area contributed by atoms with Gasteiger partial charge in [0.05, 0.1) is 0 Å². The average Bonchev–Trinajstić information content (AvgIpc) is 3.04. The molecule has 1 aliphatic rings. The maximum atomic E-state index is 12.3. The van der Waals surface area contributed by atoms with Gasteiger partial charge in [0.1, 0.15) is 17.4 Å². The summed E-state index contributed by atoms with van der Waals surface area (Å²) in [6.07, 6.45) is 4.66. The highest BCUT2D eigenvalue weighted by atomic mass is 16.4. The van der Waals surface area contributed by atoms with Crippen molar-refractivity contribution in [3.63, 3.8) is 0 Å². The van der Waals surface area contributed by atoms with E-state index in [0.717, 1.165) is 6.42 Å². The summed E-state index contributed by atoms with van der Waals surface area (Å²) in [5.41, 5.74) is 0.969. The van der Waals surface area contributed by atoms with Crippen molar-refractivity contribution >= 4 is 17.5 Å². The number of carbonyl (C=O) groups excluding carboxylic acids is 1. The first kappa shape index (κ1) is 11.7. The number of hydrogen-bond acceptors (Lipinski definition) is 3. The van der Waals surface area contributed by atoms with Crippen LogP contribution in [0.1, 0.15) is 23.3 Å². The van der Waals surface area contributed by atoms with E-state index in [1.165, 1.54) is 4.90 Å². The number of fused-ring (bicyclic) bond motifs is 1. The van der Waals surface area contributed by atoms with E-state index in [4.69, 9.17) is 5.11 Å². The largest absolute Gasteiger partial charge is 0.480 e. The SMILES string of the molecule is O=C(O)[C@H]1CCCN1C(=O)c1cn2ccccc2n1. The van der Waals surface area contributed by atoms with Crippen LogP contribution in [0.4, 0.5) is 0 Å². The first-order valence-corrected chi connectivity index (χ1v) is 6.14.